The Hall–Kier alpha value is -4.82. The molecule has 0 saturated heterocycles. The average molecular weight is 625 g/mol. The van der Waals surface area contributed by atoms with E-state index in [1.165, 1.54) is 22.3 Å². The molecule has 0 unspecified atom stereocenters. The highest BCUT2D eigenvalue weighted by molar-refractivity contribution is 5.74. The van der Waals surface area contributed by atoms with Gasteiger partial charge in [0, 0.05) is 41.8 Å². The van der Waals surface area contributed by atoms with Gasteiger partial charge in [-0.2, -0.15) is 15.0 Å². The number of fused-ring (bicyclic) bond motifs is 3. The number of para-hydroxylation sites is 2. The summed E-state index contributed by atoms with van der Waals surface area (Å²) in [4.78, 5) is 24.8. The van der Waals surface area contributed by atoms with E-state index in [-0.39, 0.29) is 5.60 Å². The molecule has 0 radical (unpaired) electrons. The zero-order chi connectivity index (χ0) is 32.3. The highest BCUT2D eigenvalue weighted by Gasteiger charge is 2.43. The second-order valence-corrected chi connectivity index (χ2v) is 13.7. The molecule has 3 aliphatic rings. The zero-order valence-corrected chi connectivity index (χ0v) is 27.7. The van der Waals surface area contributed by atoms with Crippen LogP contribution >= 0.6 is 0 Å². The molecule has 0 N–H and O–H groups in total. The first-order valence-electron chi connectivity index (χ1n) is 16.6. The summed E-state index contributed by atoms with van der Waals surface area (Å²) in [5.74, 6) is 2.52. The second-order valence-electron chi connectivity index (χ2n) is 13.7. The molecule has 8 heteroatoms. The van der Waals surface area contributed by atoms with Gasteiger partial charge in [0.25, 0.3) is 0 Å². The molecule has 3 aromatic carbocycles. The van der Waals surface area contributed by atoms with E-state index in [0.29, 0.717) is 23.5 Å². The van der Waals surface area contributed by atoms with Crippen LogP contribution in [0.1, 0.15) is 62.8 Å². The molecule has 0 saturated carbocycles. The molecule has 47 heavy (non-hydrogen) atoms. The van der Waals surface area contributed by atoms with Crippen LogP contribution in [0.15, 0.2) is 79.0 Å². The smallest absolute Gasteiger partial charge is 0.235 e. The monoisotopic (exact) mass is 624 g/mol. The summed E-state index contributed by atoms with van der Waals surface area (Å²) in [5.41, 5.74) is 9.06. The summed E-state index contributed by atoms with van der Waals surface area (Å²) >= 11 is 0. The molecule has 5 aromatic rings. The second kappa shape index (κ2) is 11.2. The average Bonchev–Trinajstić information content (AvgIpc) is 3.29. The van der Waals surface area contributed by atoms with Gasteiger partial charge in [-0.1, -0.05) is 48.5 Å². The summed E-state index contributed by atoms with van der Waals surface area (Å²) < 4.78 is 12.4. The molecular formula is C39H40N6O2. The van der Waals surface area contributed by atoms with Gasteiger partial charge in [-0.3, -0.25) is 4.98 Å². The molecule has 8 nitrogen and oxygen atoms in total. The number of aryl methyl sites for hydroxylation is 2. The predicted molar refractivity (Wildman–Crippen MR) is 186 cm³/mol. The van der Waals surface area contributed by atoms with Crippen molar-refractivity contribution in [1.82, 2.24) is 19.9 Å². The third-order valence-electron chi connectivity index (χ3n) is 9.75. The van der Waals surface area contributed by atoms with Crippen LogP contribution in [0.5, 0.6) is 5.75 Å². The number of anilines is 4. The van der Waals surface area contributed by atoms with Gasteiger partial charge >= 0.3 is 0 Å². The van der Waals surface area contributed by atoms with Gasteiger partial charge in [-0.05, 0) is 99.9 Å². The Balaban J connectivity index is 1.25. The molecule has 0 atom stereocenters. The molecule has 2 aromatic heterocycles. The SMILES string of the molecule is COc1cc(-c2nc(N3CCCc4ccccc43)nc(N3CCCc4ccccc43)n2)cnc1-c1ccc2c(c1)C(C)(C)OC2(C)C. The molecule has 3 aliphatic heterocycles. The van der Waals surface area contributed by atoms with Crippen molar-refractivity contribution in [3.8, 4) is 28.4 Å². The molecule has 238 valence electrons. The number of hydrogen-bond donors (Lipinski definition) is 0. The Morgan fingerprint density at radius 1 is 0.681 bits per heavy atom. The maximum atomic E-state index is 6.42. The summed E-state index contributed by atoms with van der Waals surface area (Å²) in [6, 6.07) is 25.6. The minimum Gasteiger partial charge on any atom is -0.494 e. The van der Waals surface area contributed by atoms with Crippen molar-refractivity contribution in [3.63, 3.8) is 0 Å². The first-order chi connectivity index (χ1) is 22.7. The van der Waals surface area contributed by atoms with Crippen LogP contribution in [0.2, 0.25) is 0 Å². The van der Waals surface area contributed by atoms with E-state index in [2.05, 4.69) is 104 Å². The normalized spacial score (nSPS) is 17.6. The Bertz CT molecular complexity index is 1930. The van der Waals surface area contributed by atoms with E-state index in [1.807, 2.05) is 12.3 Å². The van der Waals surface area contributed by atoms with Crippen LogP contribution in [-0.4, -0.2) is 40.1 Å². The first-order valence-corrected chi connectivity index (χ1v) is 16.6. The van der Waals surface area contributed by atoms with Crippen molar-refractivity contribution in [2.75, 3.05) is 30.0 Å². The van der Waals surface area contributed by atoms with Gasteiger partial charge in [-0.15, -0.1) is 0 Å². The molecule has 0 amide bonds. The van der Waals surface area contributed by atoms with Gasteiger partial charge in [0.15, 0.2) is 5.82 Å². The van der Waals surface area contributed by atoms with E-state index in [0.717, 1.165) is 67.0 Å². The summed E-state index contributed by atoms with van der Waals surface area (Å²) in [6.45, 7) is 10.2. The Labute approximate surface area is 276 Å². The van der Waals surface area contributed by atoms with Crippen molar-refractivity contribution >= 4 is 23.3 Å². The maximum absolute atomic E-state index is 6.42. The molecule has 5 heterocycles. The lowest BCUT2D eigenvalue weighted by atomic mass is 9.88. The maximum Gasteiger partial charge on any atom is 0.235 e. The molecule has 0 spiro atoms. The van der Waals surface area contributed by atoms with Crippen LogP contribution in [0.3, 0.4) is 0 Å². The van der Waals surface area contributed by atoms with E-state index >= 15 is 0 Å². The van der Waals surface area contributed by atoms with Gasteiger partial charge in [0.2, 0.25) is 11.9 Å². The Kier molecular flexibility index (Phi) is 7.02. The van der Waals surface area contributed by atoms with E-state index < -0.39 is 5.60 Å². The van der Waals surface area contributed by atoms with Crippen molar-refractivity contribution in [3.05, 3.63) is 101 Å². The van der Waals surface area contributed by atoms with Gasteiger partial charge in [0.05, 0.1) is 18.3 Å². The van der Waals surface area contributed by atoms with Crippen molar-refractivity contribution in [2.24, 2.45) is 0 Å². The number of ether oxygens (including phenoxy) is 2. The quantitative estimate of drug-likeness (QED) is 0.193. The zero-order valence-electron chi connectivity index (χ0n) is 27.7. The lowest BCUT2D eigenvalue weighted by Crippen LogP contribution is -2.30. The van der Waals surface area contributed by atoms with Gasteiger partial charge in [-0.25, -0.2) is 0 Å². The molecule has 0 aliphatic carbocycles. The minimum atomic E-state index is -0.403. The molecule has 0 bridgehead atoms. The minimum absolute atomic E-state index is 0.351. The van der Waals surface area contributed by atoms with Crippen molar-refractivity contribution in [2.45, 2.75) is 64.6 Å². The number of rotatable bonds is 5. The fourth-order valence-electron chi connectivity index (χ4n) is 7.61. The van der Waals surface area contributed by atoms with E-state index in [1.54, 1.807) is 7.11 Å². The number of pyridine rings is 1. The number of hydrogen-bond acceptors (Lipinski definition) is 8. The summed E-state index contributed by atoms with van der Waals surface area (Å²) in [5, 5.41) is 0. The van der Waals surface area contributed by atoms with Crippen LogP contribution in [0, 0.1) is 0 Å². The highest BCUT2D eigenvalue weighted by Crippen LogP contribution is 2.48. The molecule has 8 rings (SSSR count). The number of methoxy groups -OCH3 is 1. The number of nitrogens with zero attached hydrogens (tertiary/aromatic N) is 6. The van der Waals surface area contributed by atoms with Crippen LogP contribution in [-0.2, 0) is 28.8 Å². The van der Waals surface area contributed by atoms with E-state index in [4.69, 9.17) is 29.4 Å². The van der Waals surface area contributed by atoms with Crippen molar-refractivity contribution < 1.29 is 9.47 Å². The summed E-state index contributed by atoms with van der Waals surface area (Å²) in [7, 11) is 1.69. The third-order valence-corrected chi connectivity index (χ3v) is 9.75. The van der Waals surface area contributed by atoms with Crippen LogP contribution < -0.4 is 14.5 Å². The fourth-order valence-corrected chi connectivity index (χ4v) is 7.61. The molecule has 0 fully saturated rings. The Morgan fingerprint density at radius 3 is 1.89 bits per heavy atom. The summed E-state index contributed by atoms with van der Waals surface area (Å²) in [6.07, 6.45) is 6.01. The Morgan fingerprint density at radius 2 is 1.28 bits per heavy atom. The van der Waals surface area contributed by atoms with Crippen LogP contribution in [0.4, 0.5) is 23.3 Å². The standard InChI is InChI=1S/C39H40N6O2/c1-38(2)29-19-18-27(22-30(29)39(3,4)47-38)34-33(46-5)23-28(24-40-34)35-41-36(44-20-10-14-25-12-6-8-16-31(25)44)43-37(42-35)45-21-11-15-26-13-7-9-17-32(26)45/h6-9,12-13,16-19,22-24H,10-11,14-15,20-21H2,1-5H3. The lowest BCUT2D eigenvalue weighted by molar-refractivity contribution is -0.105. The number of aromatic nitrogens is 4. The van der Waals surface area contributed by atoms with Gasteiger partial charge < -0.3 is 19.3 Å². The highest BCUT2D eigenvalue weighted by atomic mass is 16.5. The van der Waals surface area contributed by atoms with E-state index in [9.17, 15) is 0 Å². The van der Waals surface area contributed by atoms with Gasteiger partial charge in [0.1, 0.15) is 11.4 Å². The molecular weight excluding hydrogens is 584 g/mol. The van der Waals surface area contributed by atoms with Crippen molar-refractivity contribution in [1.29, 1.82) is 0 Å². The largest absolute Gasteiger partial charge is 0.494 e. The predicted octanol–water partition coefficient (Wildman–Crippen LogP) is 8.28. The third kappa shape index (κ3) is 5.11. The topological polar surface area (TPSA) is 76.5 Å². The first kappa shape index (κ1) is 29.6. The number of benzene rings is 3. The fraction of sp³-hybridized carbons (Fsp3) is 0.333. The van der Waals surface area contributed by atoms with Crippen LogP contribution in [0.25, 0.3) is 22.6 Å². The lowest BCUT2D eigenvalue weighted by Gasteiger charge is -2.32.